The average Bonchev–Trinajstić information content (AvgIpc) is 3.27. The first kappa shape index (κ1) is 23.7. The van der Waals surface area contributed by atoms with Crippen molar-refractivity contribution < 1.29 is 9.47 Å². The van der Waals surface area contributed by atoms with Crippen LogP contribution in [0.3, 0.4) is 0 Å². The Kier molecular flexibility index (Phi) is 6.85. The third kappa shape index (κ3) is 5.36. The number of para-hydroxylation sites is 2. The molecule has 7 nitrogen and oxygen atoms in total. The van der Waals surface area contributed by atoms with Gasteiger partial charge in [-0.3, -0.25) is 4.90 Å². The van der Waals surface area contributed by atoms with Gasteiger partial charge in [-0.15, -0.1) is 0 Å². The van der Waals surface area contributed by atoms with Crippen LogP contribution in [0.2, 0.25) is 0 Å². The summed E-state index contributed by atoms with van der Waals surface area (Å²) in [6.07, 6.45) is 3.57. The van der Waals surface area contributed by atoms with Crippen molar-refractivity contribution in [2.45, 2.75) is 51.0 Å². The van der Waals surface area contributed by atoms with Gasteiger partial charge in [0, 0.05) is 24.3 Å². The van der Waals surface area contributed by atoms with Crippen LogP contribution in [-0.4, -0.2) is 45.2 Å². The lowest BCUT2D eigenvalue weighted by Crippen LogP contribution is -2.35. The molecule has 0 amide bonds. The zero-order chi connectivity index (χ0) is 25.0. The number of hydrogen-bond donors (Lipinski definition) is 0. The Balaban J connectivity index is 1.07. The highest BCUT2D eigenvalue weighted by Crippen LogP contribution is 2.29. The van der Waals surface area contributed by atoms with E-state index in [1.165, 1.54) is 5.52 Å². The van der Waals surface area contributed by atoms with E-state index in [9.17, 15) is 0 Å². The van der Waals surface area contributed by atoms with Crippen LogP contribution in [0.5, 0.6) is 5.88 Å². The Morgan fingerprint density at radius 1 is 0.946 bits per heavy atom. The third-order valence-corrected chi connectivity index (χ3v) is 7.50. The zero-order valence-corrected chi connectivity index (χ0v) is 20.9. The predicted molar refractivity (Wildman–Crippen MR) is 141 cm³/mol. The summed E-state index contributed by atoms with van der Waals surface area (Å²) in [4.78, 5) is 12.3. The van der Waals surface area contributed by atoms with Crippen LogP contribution in [0, 0.1) is 11.3 Å². The summed E-state index contributed by atoms with van der Waals surface area (Å²) in [5.74, 6) is 2.21. The number of aromatic nitrogens is 3. The Labute approximate surface area is 217 Å². The summed E-state index contributed by atoms with van der Waals surface area (Å²) in [5, 5.41) is 8.96. The molecule has 0 radical (unpaired) electrons. The minimum atomic E-state index is 0.305. The predicted octanol–water partition coefficient (Wildman–Crippen LogP) is 5.05. The van der Waals surface area contributed by atoms with E-state index >= 15 is 0 Å². The molecular formula is C30H31N5O2. The molecule has 2 aromatic heterocycles. The minimum Gasteiger partial charge on any atom is -0.473 e. The van der Waals surface area contributed by atoms with Crippen LogP contribution < -0.4 is 4.74 Å². The number of nitriles is 1. The van der Waals surface area contributed by atoms with E-state index in [2.05, 4.69) is 45.9 Å². The molecular weight excluding hydrogens is 462 g/mol. The van der Waals surface area contributed by atoms with Crippen LogP contribution in [-0.2, 0) is 24.4 Å². The summed E-state index contributed by atoms with van der Waals surface area (Å²) in [6.45, 7) is 5.09. The van der Waals surface area contributed by atoms with E-state index < -0.39 is 0 Å². The number of rotatable bonds is 8. The zero-order valence-electron chi connectivity index (χ0n) is 20.9. The van der Waals surface area contributed by atoms with Crippen molar-refractivity contribution in [1.29, 1.82) is 5.26 Å². The van der Waals surface area contributed by atoms with Gasteiger partial charge in [-0.05, 0) is 68.2 Å². The number of fused-ring (bicyclic) bond motifs is 1. The van der Waals surface area contributed by atoms with E-state index in [1.807, 2.05) is 36.4 Å². The summed E-state index contributed by atoms with van der Waals surface area (Å²) in [5.41, 5.74) is 5.04. The minimum absolute atomic E-state index is 0.305. The van der Waals surface area contributed by atoms with Gasteiger partial charge < -0.3 is 14.0 Å². The number of nitrogens with zero attached hydrogens (tertiary/aromatic N) is 5. The maximum absolute atomic E-state index is 8.96. The lowest BCUT2D eigenvalue weighted by atomic mass is 9.93. The molecule has 188 valence electrons. The van der Waals surface area contributed by atoms with Crippen LogP contribution >= 0.6 is 0 Å². The molecule has 4 heterocycles. The fourth-order valence-electron chi connectivity index (χ4n) is 5.24. The molecule has 0 aliphatic carbocycles. The fraction of sp³-hybridized carbons (Fsp3) is 0.367. The van der Waals surface area contributed by atoms with Crippen LogP contribution in [0.15, 0.2) is 66.7 Å². The van der Waals surface area contributed by atoms with Crippen LogP contribution in [0.1, 0.15) is 47.8 Å². The van der Waals surface area contributed by atoms with Gasteiger partial charge in [0.1, 0.15) is 12.4 Å². The van der Waals surface area contributed by atoms with Crippen molar-refractivity contribution in [3.63, 3.8) is 0 Å². The van der Waals surface area contributed by atoms with Crippen LogP contribution in [0.4, 0.5) is 0 Å². The van der Waals surface area contributed by atoms with Crippen molar-refractivity contribution in [1.82, 2.24) is 19.4 Å². The molecule has 2 aliphatic rings. The second-order valence-corrected chi connectivity index (χ2v) is 9.96. The largest absolute Gasteiger partial charge is 0.473 e. The number of pyridine rings is 1. The number of piperidine rings is 1. The van der Waals surface area contributed by atoms with Crippen molar-refractivity contribution in [2.24, 2.45) is 0 Å². The number of benzene rings is 2. The molecule has 7 heteroatoms. The fourth-order valence-corrected chi connectivity index (χ4v) is 5.24. The lowest BCUT2D eigenvalue weighted by Gasteiger charge is -2.32. The molecule has 4 aromatic rings. The Morgan fingerprint density at radius 3 is 2.51 bits per heavy atom. The molecule has 2 fully saturated rings. The molecule has 0 saturated carbocycles. The Morgan fingerprint density at radius 2 is 1.76 bits per heavy atom. The van der Waals surface area contributed by atoms with Gasteiger partial charge in [0.15, 0.2) is 0 Å². The number of hydrogen-bond acceptors (Lipinski definition) is 6. The molecule has 2 saturated heterocycles. The van der Waals surface area contributed by atoms with Gasteiger partial charge in [0.05, 0.1) is 41.9 Å². The summed E-state index contributed by atoms with van der Waals surface area (Å²) < 4.78 is 14.1. The summed E-state index contributed by atoms with van der Waals surface area (Å²) in [7, 11) is 0. The summed E-state index contributed by atoms with van der Waals surface area (Å²) in [6, 6.07) is 24.1. The number of ether oxygens (including phenoxy) is 2. The average molecular weight is 494 g/mol. The highest BCUT2D eigenvalue weighted by molar-refractivity contribution is 5.75. The molecule has 0 spiro atoms. The second kappa shape index (κ2) is 10.7. The van der Waals surface area contributed by atoms with Gasteiger partial charge in [0.2, 0.25) is 5.88 Å². The Bertz CT molecular complexity index is 1400. The molecule has 37 heavy (non-hydrogen) atoms. The van der Waals surface area contributed by atoms with Crippen LogP contribution in [0.25, 0.3) is 11.0 Å². The first-order valence-corrected chi connectivity index (χ1v) is 13.1. The van der Waals surface area contributed by atoms with E-state index in [0.29, 0.717) is 30.1 Å². The highest BCUT2D eigenvalue weighted by atomic mass is 16.5. The standard InChI is InChI=1S/C30H31N5O2/c31-18-22-8-10-23(11-9-22)21-37-30-7-3-5-26(33-30)24-12-15-34(16-13-24)20-29-32-27-4-1-2-6-28(27)35(29)19-25-14-17-36-25/h1-11,24-25H,12-17,19-21H2/t25-/m0/s1. The molecule has 1 atom stereocenters. The van der Waals surface area contributed by atoms with Gasteiger partial charge in [0.25, 0.3) is 0 Å². The molecule has 0 bridgehead atoms. The number of likely N-dealkylation sites (tertiary alicyclic amines) is 1. The number of imidazole rings is 1. The molecule has 2 aliphatic heterocycles. The highest BCUT2D eigenvalue weighted by Gasteiger charge is 2.25. The smallest absolute Gasteiger partial charge is 0.213 e. The van der Waals surface area contributed by atoms with Crippen molar-refractivity contribution in [3.8, 4) is 11.9 Å². The summed E-state index contributed by atoms with van der Waals surface area (Å²) >= 11 is 0. The van der Waals surface area contributed by atoms with Gasteiger partial charge in [-0.2, -0.15) is 5.26 Å². The first-order valence-electron chi connectivity index (χ1n) is 13.1. The van der Waals surface area contributed by atoms with E-state index in [4.69, 9.17) is 24.7 Å². The molecule has 2 aromatic carbocycles. The van der Waals surface area contributed by atoms with Gasteiger partial charge in [-0.1, -0.05) is 30.3 Å². The lowest BCUT2D eigenvalue weighted by molar-refractivity contribution is -0.0592. The maximum Gasteiger partial charge on any atom is 0.213 e. The Hall–Kier alpha value is -3.73. The third-order valence-electron chi connectivity index (χ3n) is 7.50. The van der Waals surface area contributed by atoms with Gasteiger partial charge in [-0.25, -0.2) is 9.97 Å². The molecule has 6 rings (SSSR count). The van der Waals surface area contributed by atoms with E-state index in [-0.39, 0.29) is 0 Å². The SMILES string of the molecule is N#Cc1ccc(COc2cccc(C3CCN(Cc4nc5ccccc5n4C[C@@H]4CCO4)CC3)n2)cc1. The maximum atomic E-state index is 8.96. The quantitative estimate of drug-likeness (QED) is 0.342. The normalized spacial score (nSPS) is 18.4. The van der Waals surface area contributed by atoms with Crippen molar-refractivity contribution in [2.75, 3.05) is 19.7 Å². The molecule has 0 N–H and O–H groups in total. The monoisotopic (exact) mass is 493 g/mol. The first-order chi connectivity index (χ1) is 18.2. The molecule has 0 unspecified atom stereocenters. The topological polar surface area (TPSA) is 76.2 Å². The van der Waals surface area contributed by atoms with E-state index in [0.717, 1.165) is 74.6 Å². The van der Waals surface area contributed by atoms with E-state index in [1.54, 1.807) is 0 Å². The van der Waals surface area contributed by atoms with Gasteiger partial charge >= 0.3 is 0 Å². The van der Waals surface area contributed by atoms with Crippen molar-refractivity contribution in [3.05, 3.63) is 89.4 Å². The second-order valence-electron chi connectivity index (χ2n) is 9.96. The van der Waals surface area contributed by atoms with Crippen molar-refractivity contribution >= 4 is 11.0 Å².